The maximum Gasteiger partial charge on any atom is 0.223 e. The third-order valence-corrected chi connectivity index (χ3v) is 5.12. The number of rotatable bonds is 9. The molecular formula is C17H23N3O4S. The smallest absolute Gasteiger partial charge is 0.223 e. The average molecular weight is 365 g/mol. The molecule has 0 aromatic carbocycles. The highest BCUT2D eigenvalue weighted by atomic mass is 32.2. The van der Waals surface area contributed by atoms with Crippen LogP contribution in [0.2, 0.25) is 0 Å². The van der Waals surface area contributed by atoms with Crippen LogP contribution in [-0.4, -0.2) is 54.9 Å². The van der Waals surface area contributed by atoms with Gasteiger partial charge in [0, 0.05) is 39.0 Å². The van der Waals surface area contributed by atoms with E-state index in [0.29, 0.717) is 12.3 Å². The van der Waals surface area contributed by atoms with Crippen LogP contribution in [0.5, 0.6) is 0 Å². The highest BCUT2D eigenvalue weighted by Gasteiger charge is 2.20. The van der Waals surface area contributed by atoms with Crippen molar-refractivity contribution in [2.45, 2.75) is 19.4 Å². The minimum absolute atomic E-state index is 0.0952. The fourth-order valence-corrected chi connectivity index (χ4v) is 3.11. The van der Waals surface area contributed by atoms with Crippen LogP contribution in [0.3, 0.4) is 0 Å². The van der Waals surface area contributed by atoms with Gasteiger partial charge in [-0.2, -0.15) is 4.31 Å². The second-order valence-corrected chi connectivity index (χ2v) is 7.83. The number of sulfonamides is 1. The third kappa shape index (κ3) is 6.32. The zero-order chi connectivity index (χ0) is 18.3. The number of likely N-dealkylation sites (N-methyl/N-ethyl adjacent to an activating group) is 1. The molecule has 1 amide bonds. The molecule has 2 rings (SSSR count). The van der Waals surface area contributed by atoms with Crippen LogP contribution in [0.1, 0.15) is 17.7 Å². The Morgan fingerprint density at radius 2 is 1.92 bits per heavy atom. The average Bonchev–Trinajstić information content (AvgIpc) is 3.09. The summed E-state index contributed by atoms with van der Waals surface area (Å²) in [5.74, 6) is 0.450. The standard InChI is InChI=1S/C17H23N3O4S/c1-19(11-7-15-5-9-18-10-6-15)17(21)8-12-20(25(2,22)23)14-16-4-3-13-24-16/h3-6,9-10,13H,7-8,11-12,14H2,1-2H3. The highest BCUT2D eigenvalue weighted by molar-refractivity contribution is 7.88. The van der Waals surface area contributed by atoms with E-state index in [0.717, 1.165) is 18.2 Å². The number of nitrogens with zero attached hydrogens (tertiary/aromatic N) is 3. The minimum Gasteiger partial charge on any atom is -0.468 e. The molecule has 0 fully saturated rings. The van der Waals surface area contributed by atoms with E-state index in [1.54, 1.807) is 36.5 Å². The topological polar surface area (TPSA) is 83.7 Å². The Balaban J connectivity index is 1.85. The van der Waals surface area contributed by atoms with E-state index in [1.807, 2.05) is 12.1 Å². The van der Waals surface area contributed by atoms with E-state index in [2.05, 4.69) is 4.98 Å². The van der Waals surface area contributed by atoms with Gasteiger partial charge in [0.05, 0.1) is 19.1 Å². The summed E-state index contributed by atoms with van der Waals surface area (Å²) in [7, 11) is -1.70. The Bertz CT molecular complexity index is 760. The van der Waals surface area contributed by atoms with Crippen LogP contribution >= 0.6 is 0 Å². The second-order valence-electron chi connectivity index (χ2n) is 5.85. The number of carbonyl (C=O) groups is 1. The minimum atomic E-state index is -3.42. The first-order valence-corrected chi connectivity index (χ1v) is 9.81. The first-order valence-electron chi connectivity index (χ1n) is 7.96. The van der Waals surface area contributed by atoms with Crippen molar-refractivity contribution in [3.8, 4) is 0 Å². The van der Waals surface area contributed by atoms with E-state index in [1.165, 1.54) is 10.6 Å². The molecule has 0 aliphatic heterocycles. The lowest BCUT2D eigenvalue weighted by Gasteiger charge is -2.21. The van der Waals surface area contributed by atoms with Gasteiger partial charge in [0.2, 0.25) is 15.9 Å². The number of carbonyl (C=O) groups excluding carboxylic acids is 1. The number of pyridine rings is 1. The molecule has 0 saturated heterocycles. The van der Waals surface area contributed by atoms with E-state index in [4.69, 9.17) is 4.42 Å². The molecule has 2 aromatic rings. The first kappa shape index (κ1) is 19.1. The molecule has 2 aromatic heterocycles. The molecule has 0 radical (unpaired) electrons. The monoisotopic (exact) mass is 365 g/mol. The van der Waals surface area contributed by atoms with Crippen molar-refractivity contribution in [1.82, 2.24) is 14.2 Å². The van der Waals surface area contributed by atoms with Crippen molar-refractivity contribution >= 4 is 15.9 Å². The van der Waals surface area contributed by atoms with Gasteiger partial charge in [-0.15, -0.1) is 0 Å². The number of furan rings is 1. The maximum absolute atomic E-state index is 12.3. The molecule has 136 valence electrons. The van der Waals surface area contributed by atoms with Crippen LogP contribution in [0, 0.1) is 0 Å². The van der Waals surface area contributed by atoms with Gasteiger partial charge >= 0.3 is 0 Å². The van der Waals surface area contributed by atoms with Crippen LogP contribution < -0.4 is 0 Å². The lowest BCUT2D eigenvalue weighted by atomic mass is 10.2. The molecule has 7 nitrogen and oxygen atoms in total. The molecule has 0 unspecified atom stereocenters. The number of hydrogen-bond acceptors (Lipinski definition) is 5. The molecular weight excluding hydrogens is 342 g/mol. The molecule has 0 spiro atoms. The van der Waals surface area contributed by atoms with Crippen LogP contribution in [0.25, 0.3) is 0 Å². The predicted octanol–water partition coefficient (Wildman–Crippen LogP) is 1.53. The van der Waals surface area contributed by atoms with Crippen molar-refractivity contribution in [3.63, 3.8) is 0 Å². The maximum atomic E-state index is 12.3. The van der Waals surface area contributed by atoms with Crippen molar-refractivity contribution in [2.24, 2.45) is 0 Å². The lowest BCUT2D eigenvalue weighted by molar-refractivity contribution is -0.130. The third-order valence-electron chi connectivity index (χ3n) is 3.87. The van der Waals surface area contributed by atoms with E-state index >= 15 is 0 Å². The largest absolute Gasteiger partial charge is 0.468 e. The van der Waals surface area contributed by atoms with Crippen LogP contribution in [0.4, 0.5) is 0 Å². The van der Waals surface area contributed by atoms with Gasteiger partial charge in [0.25, 0.3) is 0 Å². The number of amides is 1. The summed E-state index contributed by atoms with van der Waals surface area (Å²) in [4.78, 5) is 17.8. The second kappa shape index (κ2) is 8.77. The molecule has 0 saturated carbocycles. The molecule has 0 aliphatic rings. The molecule has 0 aliphatic carbocycles. The van der Waals surface area contributed by atoms with E-state index in [-0.39, 0.29) is 25.4 Å². The highest BCUT2D eigenvalue weighted by Crippen LogP contribution is 2.10. The van der Waals surface area contributed by atoms with Gasteiger partial charge < -0.3 is 9.32 Å². The van der Waals surface area contributed by atoms with Gasteiger partial charge in [-0.25, -0.2) is 8.42 Å². The van der Waals surface area contributed by atoms with Gasteiger partial charge in [-0.05, 0) is 36.2 Å². The summed E-state index contributed by atoms with van der Waals surface area (Å²) in [6.45, 7) is 0.817. The molecule has 8 heteroatoms. The Labute approximate surface area is 148 Å². The summed E-state index contributed by atoms with van der Waals surface area (Å²) < 4.78 is 30.3. The lowest BCUT2D eigenvalue weighted by Crippen LogP contribution is -2.35. The Hall–Kier alpha value is -2.19. The van der Waals surface area contributed by atoms with E-state index < -0.39 is 10.0 Å². The van der Waals surface area contributed by atoms with Crippen molar-refractivity contribution < 1.29 is 17.6 Å². The fourth-order valence-electron chi connectivity index (χ4n) is 2.32. The molecule has 0 atom stereocenters. The van der Waals surface area contributed by atoms with E-state index in [9.17, 15) is 13.2 Å². The molecule has 0 bridgehead atoms. The van der Waals surface area contributed by atoms with Gasteiger partial charge in [-0.1, -0.05) is 0 Å². The quantitative estimate of drug-likeness (QED) is 0.673. The van der Waals surface area contributed by atoms with Crippen molar-refractivity contribution in [3.05, 3.63) is 54.2 Å². The summed E-state index contributed by atoms with van der Waals surface area (Å²) in [5, 5.41) is 0. The molecule has 0 N–H and O–H groups in total. The Kier molecular flexibility index (Phi) is 6.72. The molecule has 25 heavy (non-hydrogen) atoms. The van der Waals surface area contributed by atoms with Crippen LogP contribution in [-0.2, 0) is 27.8 Å². The van der Waals surface area contributed by atoms with Crippen LogP contribution in [0.15, 0.2) is 47.3 Å². The zero-order valence-corrected chi connectivity index (χ0v) is 15.3. The normalized spacial score (nSPS) is 11.6. The number of aromatic nitrogens is 1. The fraction of sp³-hybridized carbons (Fsp3) is 0.412. The van der Waals surface area contributed by atoms with Gasteiger partial charge in [0.1, 0.15) is 5.76 Å². The van der Waals surface area contributed by atoms with Gasteiger partial charge in [0.15, 0.2) is 0 Å². The molecule has 2 heterocycles. The van der Waals surface area contributed by atoms with Crippen molar-refractivity contribution in [1.29, 1.82) is 0 Å². The Morgan fingerprint density at radius 3 is 2.52 bits per heavy atom. The predicted molar refractivity (Wildman–Crippen MR) is 94.2 cm³/mol. The summed E-state index contributed by atoms with van der Waals surface area (Å²) in [6.07, 6.45) is 6.92. The Morgan fingerprint density at radius 1 is 1.20 bits per heavy atom. The SMILES string of the molecule is CN(CCc1ccncc1)C(=O)CCN(Cc1ccco1)S(C)(=O)=O. The first-order chi connectivity index (χ1) is 11.9. The van der Waals surface area contributed by atoms with Gasteiger partial charge in [-0.3, -0.25) is 9.78 Å². The zero-order valence-electron chi connectivity index (χ0n) is 14.5. The number of hydrogen-bond donors (Lipinski definition) is 0. The van der Waals surface area contributed by atoms with Crippen molar-refractivity contribution in [2.75, 3.05) is 26.4 Å². The summed E-state index contributed by atoms with van der Waals surface area (Å²) in [5.41, 5.74) is 1.10. The summed E-state index contributed by atoms with van der Waals surface area (Å²) >= 11 is 0. The summed E-state index contributed by atoms with van der Waals surface area (Å²) in [6, 6.07) is 7.23.